The van der Waals surface area contributed by atoms with Crippen molar-refractivity contribution in [1.82, 2.24) is 0 Å². The van der Waals surface area contributed by atoms with E-state index >= 15 is 0 Å². The van der Waals surface area contributed by atoms with Crippen molar-refractivity contribution in [3.05, 3.63) is 48.9 Å². The molecule has 40 heavy (non-hydrogen) atoms. The van der Waals surface area contributed by atoms with Crippen LogP contribution in [0.15, 0.2) is 21.7 Å². The van der Waals surface area contributed by atoms with Crippen molar-refractivity contribution in [3.63, 3.8) is 0 Å². The quantitative estimate of drug-likeness (QED) is 0.283. The number of hydrogen-bond donors (Lipinski definition) is 2. The van der Waals surface area contributed by atoms with E-state index in [4.69, 9.17) is 23.7 Å². The third-order valence-electron chi connectivity index (χ3n) is 9.18. The summed E-state index contributed by atoms with van der Waals surface area (Å²) in [7, 11) is 5.55. The van der Waals surface area contributed by atoms with Gasteiger partial charge in [-0.05, 0) is 31.2 Å². The molecule has 1 fully saturated rings. The predicted molar refractivity (Wildman–Crippen MR) is 145 cm³/mol. The normalized spacial score (nSPS) is 26.3. The number of aliphatic hydroxyl groups excluding tert-OH is 1. The van der Waals surface area contributed by atoms with Gasteiger partial charge in [0.05, 0.1) is 43.5 Å². The fraction of sp³-hybridized carbons (Fsp3) is 0.367. The zero-order chi connectivity index (χ0) is 28.6. The third-order valence-corrected chi connectivity index (χ3v) is 9.18. The van der Waals surface area contributed by atoms with E-state index in [0.29, 0.717) is 32.5 Å². The average molecular weight is 547 g/mol. The highest BCUT2D eigenvalue weighted by Gasteiger charge is 2.74. The molecule has 2 aliphatic carbocycles. The molecule has 206 valence electrons. The second-order valence-electron chi connectivity index (χ2n) is 10.8. The second kappa shape index (κ2) is 7.52. The number of ether oxygens (including phenoxy) is 5. The van der Waals surface area contributed by atoms with Crippen LogP contribution in [0.1, 0.15) is 31.4 Å². The van der Waals surface area contributed by atoms with Crippen LogP contribution in [-0.2, 0) is 25.3 Å². The molecular formula is C30H26O10. The summed E-state index contributed by atoms with van der Waals surface area (Å²) >= 11 is 0. The van der Waals surface area contributed by atoms with Crippen LogP contribution in [0.4, 0.5) is 0 Å². The molecule has 4 atom stereocenters. The fourth-order valence-electron chi connectivity index (χ4n) is 8.18. The molecule has 2 N–H and O–H groups in total. The molecule has 1 saturated heterocycles. The summed E-state index contributed by atoms with van der Waals surface area (Å²) in [6.45, 7) is 3.19. The van der Waals surface area contributed by atoms with Gasteiger partial charge in [0.15, 0.2) is 33.7 Å². The minimum Gasteiger partial charge on any atom is -0.509 e. The monoisotopic (exact) mass is 546 g/mol. The number of rotatable bonds is 5. The van der Waals surface area contributed by atoms with Crippen molar-refractivity contribution < 1.29 is 38.7 Å². The first-order valence-electron chi connectivity index (χ1n) is 12.8. The van der Waals surface area contributed by atoms with Gasteiger partial charge in [-0.25, -0.2) is 0 Å². The Balaban J connectivity index is 2.00. The smallest absolute Gasteiger partial charge is 0.194 e. The number of aromatic hydroxyl groups is 1. The number of carbonyl (C=O) groups excluding carboxylic acids is 1. The SMILES string of the molecule is COc1c2c3c4c5c(c(=O)cc(OC)c5c5c(OC)cc(=O)c(c1O)c35)=C(O)C(OC)C41CC(C)OC21C(C)=O. The van der Waals surface area contributed by atoms with Crippen LogP contribution in [0.3, 0.4) is 0 Å². The molecule has 0 bridgehead atoms. The van der Waals surface area contributed by atoms with Crippen LogP contribution in [-0.4, -0.2) is 56.6 Å². The summed E-state index contributed by atoms with van der Waals surface area (Å²) in [6, 6.07) is 2.52. The molecule has 4 aromatic rings. The molecule has 4 aromatic carbocycles. The lowest BCUT2D eigenvalue weighted by Crippen LogP contribution is -2.58. The minimum absolute atomic E-state index is 0.00669. The van der Waals surface area contributed by atoms with E-state index < -0.39 is 45.6 Å². The molecule has 1 heterocycles. The number of methoxy groups -OCH3 is 4. The highest BCUT2D eigenvalue weighted by Crippen LogP contribution is 2.71. The number of hydrogen-bond acceptors (Lipinski definition) is 10. The first-order valence-corrected chi connectivity index (χ1v) is 12.8. The first kappa shape index (κ1) is 24.9. The zero-order valence-electron chi connectivity index (χ0n) is 22.7. The van der Waals surface area contributed by atoms with Crippen molar-refractivity contribution in [2.24, 2.45) is 0 Å². The summed E-state index contributed by atoms with van der Waals surface area (Å²) in [5, 5.41) is 25.3. The van der Waals surface area contributed by atoms with Gasteiger partial charge in [0.2, 0.25) is 0 Å². The van der Waals surface area contributed by atoms with Gasteiger partial charge in [0.1, 0.15) is 23.4 Å². The zero-order valence-corrected chi connectivity index (χ0v) is 22.7. The van der Waals surface area contributed by atoms with Crippen LogP contribution >= 0.6 is 0 Å². The van der Waals surface area contributed by atoms with Crippen LogP contribution in [0.25, 0.3) is 38.1 Å². The third kappa shape index (κ3) is 2.27. The largest absolute Gasteiger partial charge is 0.509 e. The lowest BCUT2D eigenvalue weighted by molar-refractivity contribution is -0.152. The molecule has 0 aromatic heterocycles. The number of carbonyl (C=O) groups is 1. The Hall–Kier alpha value is -4.15. The molecule has 10 nitrogen and oxygen atoms in total. The fourth-order valence-corrected chi connectivity index (χ4v) is 8.18. The number of benzene rings is 4. The van der Waals surface area contributed by atoms with Crippen LogP contribution in [0.2, 0.25) is 0 Å². The Bertz CT molecular complexity index is 2030. The number of ketones is 1. The van der Waals surface area contributed by atoms with Crippen molar-refractivity contribution in [1.29, 1.82) is 0 Å². The Morgan fingerprint density at radius 1 is 0.875 bits per heavy atom. The molecular weight excluding hydrogens is 520 g/mol. The van der Waals surface area contributed by atoms with E-state index in [2.05, 4.69) is 0 Å². The number of aliphatic hydroxyl groups is 1. The van der Waals surface area contributed by atoms with Crippen molar-refractivity contribution >= 4 is 43.9 Å². The highest BCUT2D eigenvalue weighted by molar-refractivity contribution is 6.31. The maximum Gasteiger partial charge on any atom is 0.194 e. The van der Waals surface area contributed by atoms with E-state index in [1.165, 1.54) is 47.5 Å². The highest BCUT2D eigenvalue weighted by atomic mass is 16.5. The van der Waals surface area contributed by atoms with Crippen LogP contribution in [0.5, 0.6) is 23.0 Å². The Morgan fingerprint density at radius 3 is 2.08 bits per heavy atom. The van der Waals surface area contributed by atoms with Crippen molar-refractivity contribution in [2.75, 3.05) is 28.4 Å². The first-order chi connectivity index (χ1) is 19.1. The Labute approximate surface area is 226 Å². The number of phenols is 1. The van der Waals surface area contributed by atoms with Gasteiger partial charge in [-0.1, -0.05) is 0 Å². The van der Waals surface area contributed by atoms with E-state index in [9.17, 15) is 24.6 Å². The van der Waals surface area contributed by atoms with Crippen molar-refractivity contribution in [2.45, 2.75) is 43.5 Å². The van der Waals surface area contributed by atoms with Gasteiger partial charge in [0.25, 0.3) is 0 Å². The van der Waals surface area contributed by atoms with Gasteiger partial charge in [-0.3, -0.25) is 14.4 Å². The molecule has 4 unspecified atom stereocenters. The topological polar surface area (TPSA) is 138 Å². The van der Waals surface area contributed by atoms with E-state index in [1.807, 2.05) is 6.92 Å². The molecule has 0 saturated carbocycles. The Morgan fingerprint density at radius 2 is 1.50 bits per heavy atom. The second-order valence-corrected chi connectivity index (χ2v) is 10.8. The van der Waals surface area contributed by atoms with Crippen LogP contribution < -0.4 is 30.3 Å². The van der Waals surface area contributed by atoms with Gasteiger partial charge >= 0.3 is 0 Å². The van der Waals surface area contributed by atoms with Gasteiger partial charge in [-0.15, -0.1) is 0 Å². The van der Waals surface area contributed by atoms with Gasteiger partial charge in [0, 0.05) is 46.4 Å². The lowest BCUT2D eigenvalue weighted by Gasteiger charge is -2.45. The average Bonchev–Trinajstić information content (AvgIpc) is 3.35. The molecule has 7 rings (SSSR count). The molecule has 3 aliphatic rings. The van der Waals surface area contributed by atoms with Crippen LogP contribution in [0, 0.1) is 0 Å². The molecule has 1 spiro atoms. The summed E-state index contributed by atoms with van der Waals surface area (Å²) in [6.07, 6.45) is -1.45. The van der Waals surface area contributed by atoms with Gasteiger partial charge in [-0.2, -0.15) is 0 Å². The number of fused-ring (bicyclic) bond motifs is 2. The van der Waals surface area contributed by atoms with Crippen molar-refractivity contribution in [3.8, 4) is 23.0 Å². The van der Waals surface area contributed by atoms with E-state index in [-0.39, 0.29) is 45.6 Å². The minimum atomic E-state index is -1.79. The summed E-state index contributed by atoms with van der Waals surface area (Å²) < 4.78 is 29.6. The van der Waals surface area contributed by atoms with E-state index in [1.54, 1.807) is 0 Å². The molecule has 0 radical (unpaired) electrons. The number of phenolic OH excluding ortho intramolecular Hbond substituents is 1. The summed E-state index contributed by atoms with van der Waals surface area (Å²) in [4.78, 5) is 41.2. The molecule has 1 aliphatic heterocycles. The lowest BCUT2D eigenvalue weighted by atomic mass is 9.60. The standard InChI is InChI=1S/C30H26O10/c1-10-9-29-23-21-17(26(35)28(29)39-6)13(33)8-15(37-4)19(21)18-14(36-3)7-12(32)16-20(18)22(23)24(27(38-5)25(16)34)30(29,40-10)11(2)31/h7-8,10,28,34-35H,9H2,1-6H3. The Kier molecular flexibility index (Phi) is 4.68. The molecule has 10 heteroatoms. The van der Waals surface area contributed by atoms with Gasteiger partial charge < -0.3 is 33.9 Å². The maximum atomic E-state index is 14.0. The predicted octanol–water partition coefficient (Wildman–Crippen LogP) is 2.29. The number of Topliss-reactive ketones (excluding diaryl/α,β-unsaturated/α-hetero) is 1. The van der Waals surface area contributed by atoms with E-state index in [0.717, 1.165) is 0 Å². The molecule has 0 amide bonds. The maximum absolute atomic E-state index is 14.0. The summed E-state index contributed by atoms with van der Waals surface area (Å²) in [5.74, 6) is -0.937. The summed E-state index contributed by atoms with van der Waals surface area (Å²) in [5.41, 5.74) is -3.46.